The molecule has 4 amide bonds. The lowest BCUT2D eigenvalue weighted by atomic mass is 10.0. The van der Waals surface area contributed by atoms with Crippen LogP contribution in [0.3, 0.4) is 0 Å². The summed E-state index contributed by atoms with van der Waals surface area (Å²) in [4.78, 5) is 64.7. The van der Waals surface area contributed by atoms with Gasteiger partial charge in [0, 0.05) is 23.5 Å². The Balaban J connectivity index is 2.11. The van der Waals surface area contributed by atoms with Gasteiger partial charge in [0.25, 0.3) is 0 Å². The number of fused-ring (bicyclic) bond motifs is 1. The molecule has 1 aromatic carbocycles. The topological polar surface area (TPSA) is 230 Å². The van der Waals surface area contributed by atoms with E-state index in [9.17, 15) is 34.2 Å². The summed E-state index contributed by atoms with van der Waals surface area (Å²) in [5.41, 5.74) is 13.0. The Morgan fingerprint density at radius 1 is 1.00 bits per heavy atom. The van der Waals surface area contributed by atoms with Crippen LogP contribution in [0, 0.1) is 0 Å². The quantitative estimate of drug-likeness (QED) is 0.124. The van der Waals surface area contributed by atoms with Crippen LogP contribution in [0.5, 0.6) is 0 Å². The number of carboxylic acid groups (broad SMARTS) is 1. The lowest BCUT2D eigenvalue weighted by Gasteiger charge is -2.26. The summed E-state index contributed by atoms with van der Waals surface area (Å²) in [6, 6.07) is 2.37. The van der Waals surface area contributed by atoms with Gasteiger partial charge in [0.15, 0.2) is 0 Å². The molecule has 0 spiro atoms. The highest BCUT2D eigenvalue weighted by Gasteiger charge is 2.32. The number of hydrogen-bond acceptors (Lipinski definition) is 8. The maximum Gasteiger partial charge on any atom is 0.326 e. The Morgan fingerprint density at radius 2 is 1.67 bits per heavy atom. The van der Waals surface area contributed by atoms with E-state index in [0.717, 1.165) is 16.5 Å². The van der Waals surface area contributed by atoms with E-state index in [2.05, 4.69) is 20.9 Å². The van der Waals surface area contributed by atoms with Gasteiger partial charge in [-0.2, -0.15) is 11.8 Å². The fraction of sp³-hybridized carbons (Fsp3) is 0.480. The van der Waals surface area contributed by atoms with Crippen molar-refractivity contribution in [3.63, 3.8) is 0 Å². The van der Waals surface area contributed by atoms with Crippen molar-refractivity contribution in [2.75, 3.05) is 12.0 Å². The van der Waals surface area contributed by atoms with Crippen molar-refractivity contribution in [2.24, 2.45) is 11.5 Å². The molecular weight excluding hydrogens is 528 g/mol. The summed E-state index contributed by atoms with van der Waals surface area (Å²) >= 11 is 1.40. The number of amides is 4. The third-order valence-corrected chi connectivity index (χ3v) is 6.70. The van der Waals surface area contributed by atoms with E-state index in [4.69, 9.17) is 11.5 Å². The van der Waals surface area contributed by atoms with Gasteiger partial charge in [-0.3, -0.25) is 19.2 Å². The molecule has 0 radical (unpaired) electrons. The summed E-state index contributed by atoms with van der Waals surface area (Å²) in [6.07, 6.45) is 1.95. The van der Waals surface area contributed by atoms with Crippen LogP contribution in [-0.2, 0) is 30.4 Å². The number of carboxylic acids is 1. The van der Waals surface area contributed by atoms with Gasteiger partial charge >= 0.3 is 5.97 Å². The number of aliphatic carboxylic acids is 1. The van der Waals surface area contributed by atoms with Crippen molar-refractivity contribution >= 4 is 52.3 Å². The minimum absolute atomic E-state index is 0.138. The first-order chi connectivity index (χ1) is 18.4. The molecule has 0 saturated carbocycles. The second-order valence-electron chi connectivity index (χ2n) is 9.14. The molecule has 0 fully saturated rings. The van der Waals surface area contributed by atoms with E-state index in [1.54, 1.807) is 12.5 Å². The summed E-state index contributed by atoms with van der Waals surface area (Å²) < 4.78 is 0. The number of aromatic amines is 1. The average Bonchev–Trinajstić information content (AvgIpc) is 3.29. The Labute approximate surface area is 229 Å². The second kappa shape index (κ2) is 15.1. The fourth-order valence-electron chi connectivity index (χ4n) is 3.88. The van der Waals surface area contributed by atoms with Crippen LogP contribution in [0.25, 0.3) is 10.9 Å². The zero-order chi connectivity index (χ0) is 29.1. The molecule has 1 heterocycles. The molecule has 5 atom stereocenters. The number of thioether (sulfide) groups is 1. The van der Waals surface area contributed by atoms with E-state index >= 15 is 0 Å². The van der Waals surface area contributed by atoms with Crippen molar-refractivity contribution < 1.29 is 34.2 Å². The van der Waals surface area contributed by atoms with Gasteiger partial charge in [-0.05, 0) is 49.8 Å². The number of primary amides is 1. The van der Waals surface area contributed by atoms with Crippen molar-refractivity contribution in [1.29, 1.82) is 0 Å². The minimum atomic E-state index is -1.48. The Bertz CT molecular complexity index is 1170. The summed E-state index contributed by atoms with van der Waals surface area (Å²) in [5.74, 6) is -3.99. The first-order valence-corrected chi connectivity index (χ1v) is 13.7. The largest absolute Gasteiger partial charge is 0.480 e. The van der Waals surface area contributed by atoms with Crippen LogP contribution in [0.2, 0.25) is 0 Å². The molecule has 2 rings (SSSR count). The van der Waals surface area contributed by atoms with Crippen LogP contribution in [0.1, 0.15) is 31.7 Å². The SMILES string of the molecule is CSCCC(NC(=O)C(CCC(N)=O)NC(=O)C(NC(=O)C(N)Cc1c[nH]c2ccccc12)C(C)O)C(=O)O. The normalized spacial score (nSPS) is 15.0. The number of carbonyl (C=O) groups is 5. The van der Waals surface area contributed by atoms with Crippen molar-refractivity contribution in [3.05, 3.63) is 36.0 Å². The van der Waals surface area contributed by atoms with E-state index < -0.39 is 59.9 Å². The Morgan fingerprint density at radius 3 is 2.28 bits per heavy atom. The van der Waals surface area contributed by atoms with Crippen LogP contribution in [0.15, 0.2) is 30.5 Å². The molecule has 5 unspecified atom stereocenters. The zero-order valence-corrected chi connectivity index (χ0v) is 22.6. The number of nitrogens with one attached hydrogen (secondary N) is 4. The third-order valence-electron chi connectivity index (χ3n) is 6.05. The number of aromatic nitrogens is 1. The predicted molar refractivity (Wildman–Crippen MR) is 147 cm³/mol. The van der Waals surface area contributed by atoms with Crippen molar-refractivity contribution in [3.8, 4) is 0 Å². The van der Waals surface area contributed by atoms with Crippen molar-refractivity contribution in [1.82, 2.24) is 20.9 Å². The number of para-hydroxylation sites is 1. The van der Waals surface area contributed by atoms with Crippen molar-refractivity contribution in [2.45, 2.75) is 62.9 Å². The van der Waals surface area contributed by atoms with Gasteiger partial charge < -0.3 is 42.6 Å². The molecule has 2 aromatic rings. The molecule has 0 bridgehead atoms. The number of H-pyrrole nitrogens is 1. The molecule has 0 aliphatic heterocycles. The number of aliphatic hydroxyl groups excluding tert-OH is 1. The van der Waals surface area contributed by atoms with E-state index in [0.29, 0.717) is 5.75 Å². The van der Waals surface area contributed by atoms with Gasteiger partial charge in [-0.1, -0.05) is 18.2 Å². The number of carbonyl (C=O) groups excluding carboxylic acids is 4. The first-order valence-electron chi connectivity index (χ1n) is 12.3. The number of rotatable bonds is 16. The summed E-state index contributed by atoms with van der Waals surface area (Å²) in [5, 5.41) is 27.7. The smallest absolute Gasteiger partial charge is 0.326 e. The highest BCUT2D eigenvalue weighted by molar-refractivity contribution is 7.98. The highest BCUT2D eigenvalue weighted by atomic mass is 32.2. The lowest BCUT2D eigenvalue weighted by Crippen LogP contribution is -2.60. The molecule has 13 nitrogen and oxygen atoms in total. The maximum atomic E-state index is 13.0. The highest BCUT2D eigenvalue weighted by Crippen LogP contribution is 2.18. The van der Waals surface area contributed by atoms with Gasteiger partial charge in [-0.25, -0.2) is 4.79 Å². The zero-order valence-electron chi connectivity index (χ0n) is 21.8. The Kier molecular flexibility index (Phi) is 12.2. The monoisotopic (exact) mass is 564 g/mol. The summed E-state index contributed by atoms with van der Waals surface area (Å²) in [7, 11) is 0. The van der Waals surface area contributed by atoms with Gasteiger partial charge in [-0.15, -0.1) is 0 Å². The Hall–Kier alpha value is -3.62. The van der Waals surface area contributed by atoms with E-state index in [1.165, 1.54) is 18.7 Å². The molecule has 10 N–H and O–H groups in total. The number of aliphatic hydroxyl groups is 1. The average molecular weight is 565 g/mol. The van der Waals surface area contributed by atoms with Crippen LogP contribution in [0.4, 0.5) is 0 Å². The molecule has 0 aliphatic carbocycles. The van der Waals surface area contributed by atoms with Gasteiger partial charge in [0.2, 0.25) is 23.6 Å². The van der Waals surface area contributed by atoms with Gasteiger partial charge in [0.05, 0.1) is 12.1 Å². The second-order valence-corrected chi connectivity index (χ2v) is 10.1. The van der Waals surface area contributed by atoms with Gasteiger partial charge in [0.1, 0.15) is 18.1 Å². The number of hydrogen-bond donors (Lipinski definition) is 8. The molecule has 14 heteroatoms. The van der Waals surface area contributed by atoms with Crippen LogP contribution in [-0.4, -0.2) is 87.1 Å². The standard InChI is InChI=1S/C25H36N6O7S/c1-13(32)21(31-22(34)16(26)11-14-12-28-17-6-4-3-5-15(14)17)24(36)29-18(7-8-20(27)33)23(35)30-19(25(37)38)9-10-39-2/h3-6,12-13,16,18-19,21,28,32H,7-11,26H2,1-2H3,(H2,27,33)(H,29,36)(H,30,35)(H,31,34)(H,37,38). The van der Waals surface area contributed by atoms with Crippen LogP contribution < -0.4 is 27.4 Å². The number of benzene rings is 1. The summed E-state index contributed by atoms with van der Waals surface area (Å²) in [6.45, 7) is 1.27. The van der Waals surface area contributed by atoms with E-state index in [1.807, 2.05) is 24.3 Å². The first kappa shape index (κ1) is 31.6. The molecule has 39 heavy (non-hydrogen) atoms. The van der Waals surface area contributed by atoms with E-state index in [-0.39, 0.29) is 25.7 Å². The van der Waals surface area contributed by atoms with Crippen LogP contribution >= 0.6 is 11.8 Å². The third kappa shape index (κ3) is 9.57. The maximum absolute atomic E-state index is 13.0. The molecule has 214 valence electrons. The molecule has 0 aliphatic rings. The fourth-order valence-corrected chi connectivity index (χ4v) is 4.35. The predicted octanol–water partition coefficient (Wildman–Crippen LogP) is -1.02. The number of nitrogens with two attached hydrogens (primary N) is 2. The minimum Gasteiger partial charge on any atom is -0.480 e. The molecule has 1 aromatic heterocycles. The molecular formula is C25H36N6O7S. The lowest BCUT2D eigenvalue weighted by molar-refractivity contribution is -0.142. The molecule has 0 saturated heterocycles.